The van der Waals surface area contributed by atoms with E-state index in [1.807, 2.05) is 30.3 Å². The van der Waals surface area contributed by atoms with Gasteiger partial charge in [0, 0.05) is 19.4 Å². The Bertz CT molecular complexity index is 594. The van der Waals surface area contributed by atoms with E-state index in [9.17, 15) is 5.11 Å². The van der Waals surface area contributed by atoms with E-state index in [1.165, 1.54) is 56.7 Å². The first kappa shape index (κ1) is 22.8. The predicted octanol–water partition coefficient (Wildman–Crippen LogP) is 6.01. The van der Waals surface area contributed by atoms with Gasteiger partial charge in [-0.15, -0.1) is 0 Å². The number of benzene rings is 2. The number of rotatable bonds is 10. The average molecular weight is 375 g/mol. The second-order valence-electron chi connectivity index (χ2n) is 6.98. The predicted molar refractivity (Wildman–Crippen MR) is 110 cm³/mol. The maximum absolute atomic E-state index is 10.2. The molecule has 0 heterocycles. The molecule has 4 nitrogen and oxygen atoms in total. The first-order valence-corrected chi connectivity index (χ1v) is 9.87. The molecule has 0 spiro atoms. The molecule has 0 fully saturated rings. The van der Waals surface area contributed by atoms with Crippen molar-refractivity contribution in [3.8, 4) is 17.2 Å². The zero-order chi connectivity index (χ0) is 20.0. The zero-order valence-electron chi connectivity index (χ0n) is 16.6. The third kappa shape index (κ3) is 11.9. The summed E-state index contributed by atoms with van der Waals surface area (Å²) in [7, 11) is 0. The topological polar surface area (TPSA) is 69.9 Å². The van der Waals surface area contributed by atoms with Crippen molar-refractivity contribution in [3.05, 3.63) is 54.6 Å². The van der Waals surface area contributed by atoms with Crippen LogP contribution in [-0.4, -0.2) is 21.1 Å². The number of aliphatic hydroxyl groups is 1. The fourth-order valence-corrected chi connectivity index (χ4v) is 2.70. The van der Waals surface area contributed by atoms with Crippen LogP contribution in [0, 0.1) is 0 Å². The summed E-state index contributed by atoms with van der Waals surface area (Å²) in [6.07, 6.45) is 9.44. The highest BCUT2D eigenvalue weighted by atomic mass is 16.6. The van der Waals surface area contributed by atoms with Gasteiger partial charge in [0.15, 0.2) is 0 Å². The molecule has 2 aromatic rings. The molecule has 0 amide bonds. The molecule has 0 saturated heterocycles. The van der Waals surface area contributed by atoms with Gasteiger partial charge in [-0.2, -0.15) is 0 Å². The highest BCUT2D eigenvalue weighted by molar-refractivity contribution is 5.30. The number of unbranched alkanes of at least 4 members (excludes halogenated alkanes) is 6. The van der Waals surface area contributed by atoms with Gasteiger partial charge in [0.25, 0.3) is 0 Å². The van der Waals surface area contributed by atoms with Gasteiger partial charge < -0.3 is 20.1 Å². The maximum atomic E-state index is 10.2. The van der Waals surface area contributed by atoms with Gasteiger partial charge >= 0.3 is 0 Å². The van der Waals surface area contributed by atoms with Crippen molar-refractivity contribution < 1.29 is 20.1 Å². The monoisotopic (exact) mass is 374 g/mol. The second-order valence-corrected chi connectivity index (χ2v) is 6.98. The molecule has 0 bridgehead atoms. The lowest BCUT2D eigenvalue weighted by Gasteiger charge is -2.24. The van der Waals surface area contributed by atoms with Gasteiger partial charge in [-0.25, -0.2) is 0 Å². The number of phenols is 2. The Kier molecular flexibility index (Phi) is 11.0. The fraction of sp³-hybridized carbons (Fsp3) is 0.478. The Balaban J connectivity index is 0.000000377. The van der Waals surface area contributed by atoms with Crippen molar-refractivity contribution in [1.29, 1.82) is 0 Å². The summed E-state index contributed by atoms with van der Waals surface area (Å²) in [5.41, 5.74) is 0. The molecule has 2 aromatic carbocycles. The lowest BCUT2D eigenvalue weighted by atomic mass is 10.1. The molecule has 4 heteroatoms. The number of phenolic OH excluding ortho intramolecular Hbond substituents is 2. The van der Waals surface area contributed by atoms with E-state index in [-0.39, 0.29) is 11.5 Å². The van der Waals surface area contributed by atoms with E-state index in [4.69, 9.17) is 14.9 Å². The molecule has 3 N–H and O–H groups in total. The van der Waals surface area contributed by atoms with Crippen LogP contribution in [0.4, 0.5) is 0 Å². The first-order valence-electron chi connectivity index (χ1n) is 9.87. The second kappa shape index (κ2) is 13.0. The van der Waals surface area contributed by atoms with Crippen molar-refractivity contribution in [3.63, 3.8) is 0 Å². The van der Waals surface area contributed by atoms with Crippen LogP contribution in [0.2, 0.25) is 0 Å². The van der Waals surface area contributed by atoms with Crippen LogP contribution in [0.5, 0.6) is 17.2 Å². The molecule has 1 unspecified atom stereocenters. The third-order valence-electron chi connectivity index (χ3n) is 4.15. The molecule has 0 saturated carbocycles. The minimum absolute atomic E-state index is 0.0880. The fourth-order valence-electron chi connectivity index (χ4n) is 2.70. The molecule has 2 rings (SSSR count). The lowest BCUT2D eigenvalue weighted by Crippen LogP contribution is -2.31. The van der Waals surface area contributed by atoms with Crippen LogP contribution >= 0.6 is 0 Å². The molecule has 0 aliphatic rings. The van der Waals surface area contributed by atoms with Crippen LogP contribution in [0.3, 0.4) is 0 Å². The summed E-state index contributed by atoms with van der Waals surface area (Å²) in [6, 6.07) is 15.4. The average Bonchev–Trinajstić information content (AvgIpc) is 2.62. The normalized spacial score (nSPS) is 12.6. The number of para-hydroxylation sites is 1. The van der Waals surface area contributed by atoms with Crippen LogP contribution in [0.1, 0.15) is 65.2 Å². The van der Waals surface area contributed by atoms with Crippen molar-refractivity contribution in [2.75, 3.05) is 0 Å². The molecular weight excluding hydrogens is 340 g/mol. The molecule has 27 heavy (non-hydrogen) atoms. The van der Waals surface area contributed by atoms with E-state index < -0.39 is 5.79 Å². The summed E-state index contributed by atoms with van der Waals surface area (Å²) in [6.45, 7) is 3.98. The van der Waals surface area contributed by atoms with Crippen LogP contribution in [0.15, 0.2) is 54.6 Å². The van der Waals surface area contributed by atoms with E-state index in [2.05, 4.69) is 6.92 Å². The number of ether oxygens (including phenoxy) is 1. The standard InChI is InChI=1S/C17H28O2.C6H6O2/c1-3-4-5-6-7-8-12-15-17(2,18)19-16-13-10-9-11-14-16;7-5-2-1-3-6(8)4-5/h9-11,13-14,18H,3-8,12,15H2,1-2H3;1-4,7-8H. The molecule has 0 radical (unpaired) electrons. The van der Waals surface area contributed by atoms with Gasteiger partial charge in [0.1, 0.15) is 17.2 Å². The third-order valence-corrected chi connectivity index (χ3v) is 4.15. The van der Waals surface area contributed by atoms with Crippen LogP contribution in [-0.2, 0) is 0 Å². The van der Waals surface area contributed by atoms with Gasteiger partial charge in [-0.1, -0.05) is 69.7 Å². The first-order chi connectivity index (χ1) is 12.9. The summed E-state index contributed by atoms with van der Waals surface area (Å²) >= 11 is 0. The van der Waals surface area contributed by atoms with Gasteiger partial charge in [-0.3, -0.25) is 0 Å². The van der Waals surface area contributed by atoms with Gasteiger partial charge in [0.2, 0.25) is 5.79 Å². The molecular formula is C23H34O4. The van der Waals surface area contributed by atoms with Crippen LogP contribution < -0.4 is 4.74 Å². The minimum atomic E-state index is -1.05. The smallest absolute Gasteiger partial charge is 0.205 e. The summed E-state index contributed by atoms with van der Waals surface area (Å²) in [4.78, 5) is 0. The molecule has 150 valence electrons. The summed E-state index contributed by atoms with van der Waals surface area (Å²) in [5.74, 6) is -0.143. The molecule has 1 atom stereocenters. The van der Waals surface area contributed by atoms with E-state index in [1.54, 1.807) is 13.0 Å². The molecule has 0 aliphatic heterocycles. The van der Waals surface area contributed by atoms with Gasteiger partial charge in [0.05, 0.1) is 0 Å². The lowest BCUT2D eigenvalue weighted by molar-refractivity contribution is -0.127. The Labute approximate surface area is 163 Å². The van der Waals surface area contributed by atoms with E-state index in [0.29, 0.717) is 6.42 Å². The summed E-state index contributed by atoms with van der Waals surface area (Å²) in [5, 5.41) is 27.5. The summed E-state index contributed by atoms with van der Waals surface area (Å²) < 4.78 is 5.60. The van der Waals surface area contributed by atoms with Crippen molar-refractivity contribution in [1.82, 2.24) is 0 Å². The number of hydrogen-bond acceptors (Lipinski definition) is 4. The van der Waals surface area contributed by atoms with E-state index in [0.717, 1.165) is 12.2 Å². The van der Waals surface area contributed by atoms with Crippen molar-refractivity contribution in [2.45, 2.75) is 71.0 Å². The zero-order valence-corrected chi connectivity index (χ0v) is 16.6. The Morgan fingerprint density at radius 1 is 0.778 bits per heavy atom. The molecule has 0 aromatic heterocycles. The number of hydrogen-bond donors (Lipinski definition) is 3. The Hall–Kier alpha value is -2.20. The van der Waals surface area contributed by atoms with Gasteiger partial charge in [-0.05, 0) is 30.7 Å². The highest BCUT2D eigenvalue weighted by Crippen LogP contribution is 2.21. The Morgan fingerprint density at radius 3 is 1.85 bits per heavy atom. The van der Waals surface area contributed by atoms with Crippen molar-refractivity contribution in [2.24, 2.45) is 0 Å². The maximum Gasteiger partial charge on any atom is 0.205 e. The largest absolute Gasteiger partial charge is 0.508 e. The SMILES string of the molecule is CCCCCCCCCC(C)(O)Oc1ccccc1.Oc1cccc(O)c1. The minimum Gasteiger partial charge on any atom is -0.508 e. The number of aromatic hydroxyl groups is 2. The van der Waals surface area contributed by atoms with E-state index >= 15 is 0 Å². The Morgan fingerprint density at radius 2 is 1.33 bits per heavy atom. The van der Waals surface area contributed by atoms with Crippen LogP contribution in [0.25, 0.3) is 0 Å². The van der Waals surface area contributed by atoms with Crippen molar-refractivity contribution >= 4 is 0 Å². The molecule has 0 aliphatic carbocycles. The highest BCUT2D eigenvalue weighted by Gasteiger charge is 2.21. The quantitative estimate of drug-likeness (QED) is 0.352.